The summed E-state index contributed by atoms with van der Waals surface area (Å²) < 4.78 is 19.7. The zero-order chi connectivity index (χ0) is 14.5. The van der Waals surface area contributed by atoms with Gasteiger partial charge in [0.2, 0.25) is 5.91 Å². The van der Waals surface area contributed by atoms with Crippen LogP contribution >= 0.6 is 15.9 Å². The molecular weight excluding hydrogens is 327 g/mol. The molecule has 2 rings (SSSR count). The highest BCUT2D eigenvalue weighted by Gasteiger charge is 2.33. The highest BCUT2D eigenvalue weighted by Crippen LogP contribution is 2.22. The summed E-state index contributed by atoms with van der Waals surface area (Å²) in [5.41, 5.74) is 0.194. The number of ether oxygens (including phenoxy) is 1. The molecule has 1 amide bonds. The Hall–Kier alpha value is -0.980. The van der Waals surface area contributed by atoms with E-state index in [0.29, 0.717) is 17.7 Å². The monoisotopic (exact) mass is 344 g/mol. The van der Waals surface area contributed by atoms with Crippen molar-refractivity contribution in [3.05, 3.63) is 28.5 Å². The van der Waals surface area contributed by atoms with E-state index >= 15 is 0 Å². The number of carbonyl (C=O) groups excluding carboxylic acids is 1. The number of halogens is 2. The molecule has 2 unspecified atom stereocenters. The number of hydrogen-bond acceptors (Lipinski definition) is 3. The van der Waals surface area contributed by atoms with Gasteiger partial charge in [-0.05, 0) is 31.2 Å². The van der Waals surface area contributed by atoms with Gasteiger partial charge in [-0.15, -0.1) is 0 Å². The van der Waals surface area contributed by atoms with Crippen molar-refractivity contribution in [2.24, 2.45) is 5.92 Å². The summed E-state index contributed by atoms with van der Waals surface area (Å²) in [4.78, 5) is 12.2. The lowest BCUT2D eigenvalue weighted by Gasteiger charge is -2.18. The Morgan fingerprint density at radius 2 is 2.30 bits per heavy atom. The molecule has 1 aromatic rings. The van der Waals surface area contributed by atoms with E-state index in [1.165, 1.54) is 6.07 Å². The number of benzene rings is 1. The van der Waals surface area contributed by atoms with Gasteiger partial charge in [-0.25, -0.2) is 4.39 Å². The Labute approximate surface area is 126 Å². The topological polar surface area (TPSA) is 50.4 Å². The Bertz CT molecular complexity index is 484. The summed E-state index contributed by atoms with van der Waals surface area (Å²) in [5.74, 6) is -0.952. The van der Waals surface area contributed by atoms with E-state index in [0.717, 1.165) is 13.0 Å². The summed E-state index contributed by atoms with van der Waals surface area (Å²) in [6, 6.07) is 4.56. The molecule has 1 aromatic carbocycles. The molecule has 1 saturated heterocycles. The van der Waals surface area contributed by atoms with E-state index < -0.39 is 5.82 Å². The van der Waals surface area contributed by atoms with Crippen LogP contribution in [0, 0.1) is 11.7 Å². The number of nitrogens with one attached hydrogen (secondary N) is 2. The van der Waals surface area contributed by atoms with Crippen LogP contribution in [0.2, 0.25) is 0 Å². The van der Waals surface area contributed by atoms with Crippen LogP contribution in [0.25, 0.3) is 0 Å². The largest absolute Gasteiger partial charge is 0.379 e. The van der Waals surface area contributed by atoms with Crippen LogP contribution in [-0.2, 0) is 9.53 Å². The molecule has 0 saturated carbocycles. The van der Waals surface area contributed by atoms with Gasteiger partial charge in [0.1, 0.15) is 5.82 Å². The highest BCUT2D eigenvalue weighted by molar-refractivity contribution is 9.10. The molecule has 0 radical (unpaired) electrons. The van der Waals surface area contributed by atoms with Crippen molar-refractivity contribution < 1.29 is 13.9 Å². The van der Waals surface area contributed by atoms with Gasteiger partial charge in [0.25, 0.3) is 0 Å². The summed E-state index contributed by atoms with van der Waals surface area (Å²) in [6.45, 7) is 3.78. The molecular formula is C14H18BrFN2O2. The van der Waals surface area contributed by atoms with Crippen LogP contribution in [0.3, 0.4) is 0 Å². The second-order valence-corrected chi connectivity index (χ2v) is 5.73. The van der Waals surface area contributed by atoms with Crippen LogP contribution in [0.5, 0.6) is 0 Å². The van der Waals surface area contributed by atoms with Crippen molar-refractivity contribution >= 4 is 27.5 Å². The third kappa shape index (κ3) is 3.77. The van der Waals surface area contributed by atoms with Gasteiger partial charge in [0, 0.05) is 10.5 Å². The minimum absolute atomic E-state index is 0.00606. The van der Waals surface area contributed by atoms with Gasteiger partial charge < -0.3 is 15.4 Å². The van der Waals surface area contributed by atoms with Crippen LogP contribution in [0.4, 0.5) is 10.1 Å². The molecule has 0 aliphatic carbocycles. The lowest BCUT2D eigenvalue weighted by atomic mass is 10.0. The molecule has 20 heavy (non-hydrogen) atoms. The third-order valence-electron chi connectivity index (χ3n) is 3.26. The van der Waals surface area contributed by atoms with E-state index in [1.54, 1.807) is 12.1 Å². The van der Waals surface area contributed by atoms with E-state index in [1.807, 2.05) is 0 Å². The van der Waals surface area contributed by atoms with E-state index in [2.05, 4.69) is 33.5 Å². The maximum absolute atomic E-state index is 13.7. The second-order valence-electron chi connectivity index (χ2n) is 4.82. The molecule has 2 atom stereocenters. The molecule has 4 nitrogen and oxygen atoms in total. The number of hydrogen-bond donors (Lipinski definition) is 2. The van der Waals surface area contributed by atoms with Crippen LogP contribution < -0.4 is 10.6 Å². The quantitative estimate of drug-likeness (QED) is 0.862. The number of rotatable bonds is 5. The van der Waals surface area contributed by atoms with Crippen molar-refractivity contribution in [2.75, 3.05) is 25.1 Å². The fourth-order valence-corrected chi connectivity index (χ4v) is 2.49. The Morgan fingerprint density at radius 3 is 3.00 bits per heavy atom. The van der Waals surface area contributed by atoms with Crippen LogP contribution in [-0.4, -0.2) is 31.7 Å². The van der Waals surface area contributed by atoms with Crippen LogP contribution in [0.15, 0.2) is 22.7 Å². The van der Waals surface area contributed by atoms with Crippen molar-refractivity contribution in [1.29, 1.82) is 0 Å². The summed E-state index contributed by atoms with van der Waals surface area (Å²) in [7, 11) is 0. The van der Waals surface area contributed by atoms with Crippen molar-refractivity contribution in [3.8, 4) is 0 Å². The summed E-state index contributed by atoms with van der Waals surface area (Å²) in [5, 5.41) is 5.92. The zero-order valence-electron chi connectivity index (χ0n) is 11.3. The molecule has 1 heterocycles. The number of carbonyl (C=O) groups is 1. The molecule has 1 aliphatic heterocycles. The minimum atomic E-state index is -0.454. The standard InChI is InChI=1S/C14H18BrFN2O2/c1-2-5-17-13-8-20-7-10(13)14(19)18-12-4-3-9(15)6-11(12)16/h3-4,6,10,13,17H,2,5,7-8H2,1H3,(H,18,19). The fraction of sp³-hybridized carbons (Fsp3) is 0.500. The first-order valence-electron chi connectivity index (χ1n) is 6.69. The Morgan fingerprint density at radius 1 is 1.50 bits per heavy atom. The molecule has 1 fully saturated rings. The molecule has 2 N–H and O–H groups in total. The molecule has 1 aliphatic rings. The van der Waals surface area contributed by atoms with Crippen molar-refractivity contribution in [1.82, 2.24) is 5.32 Å². The summed E-state index contributed by atoms with van der Waals surface area (Å²) in [6.07, 6.45) is 0.992. The lowest BCUT2D eigenvalue weighted by molar-refractivity contribution is -0.120. The van der Waals surface area contributed by atoms with Gasteiger partial charge in [-0.2, -0.15) is 0 Å². The fourth-order valence-electron chi connectivity index (χ4n) is 2.16. The second kappa shape index (κ2) is 7.15. The van der Waals surface area contributed by atoms with E-state index in [9.17, 15) is 9.18 Å². The SMILES string of the molecule is CCCNC1COCC1C(=O)Nc1ccc(Br)cc1F. The first-order valence-corrected chi connectivity index (χ1v) is 7.48. The first-order chi connectivity index (χ1) is 9.61. The van der Waals surface area contributed by atoms with Gasteiger partial charge in [-0.3, -0.25) is 4.79 Å². The highest BCUT2D eigenvalue weighted by atomic mass is 79.9. The number of amides is 1. The molecule has 110 valence electrons. The average Bonchev–Trinajstić information content (AvgIpc) is 2.88. The van der Waals surface area contributed by atoms with Gasteiger partial charge in [0.05, 0.1) is 24.8 Å². The van der Waals surface area contributed by atoms with Gasteiger partial charge >= 0.3 is 0 Å². The predicted molar refractivity (Wildman–Crippen MR) is 79.1 cm³/mol. The van der Waals surface area contributed by atoms with Crippen molar-refractivity contribution in [2.45, 2.75) is 19.4 Å². The normalized spacial score (nSPS) is 21.9. The van der Waals surface area contributed by atoms with E-state index in [-0.39, 0.29) is 23.6 Å². The third-order valence-corrected chi connectivity index (χ3v) is 3.76. The molecule has 6 heteroatoms. The smallest absolute Gasteiger partial charge is 0.231 e. The first kappa shape index (κ1) is 15.4. The minimum Gasteiger partial charge on any atom is -0.379 e. The molecule has 0 bridgehead atoms. The number of anilines is 1. The average molecular weight is 345 g/mol. The van der Waals surface area contributed by atoms with Gasteiger partial charge in [-0.1, -0.05) is 22.9 Å². The predicted octanol–water partition coefficient (Wildman–Crippen LogP) is 2.54. The van der Waals surface area contributed by atoms with Crippen molar-refractivity contribution in [3.63, 3.8) is 0 Å². The molecule has 0 spiro atoms. The maximum Gasteiger partial charge on any atom is 0.231 e. The Balaban J connectivity index is 2.00. The lowest BCUT2D eigenvalue weighted by Crippen LogP contribution is -2.41. The van der Waals surface area contributed by atoms with E-state index in [4.69, 9.17) is 4.74 Å². The summed E-state index contributed by atoms with van der Waals surface area (Å²) >= 11 is 3.18. The van der Waals surface area contributed by atoms with Gasteiger partial charge in [0.15, 0.2) is 0 Å². The molecule has 0 aromatic heterocycles. The maximum atomic E-state index is 13.7. The Kier molecular flexibility index (Phi) is 5.51. The van der Waals surface area contributed by atoms with Crippen LogP contribution in [0.1, 0.15) is 13.3 Å². The zero-order valence-corrected chi connectivity index (χ0v) is 12.9.